The molecule has 2 aromatic heterocycles. The minimum atomic E-state index is 0.888. The molecule has 0 atom stereocenters. The van der Waals surface area contributed by atoms with Gasteiger partial charge in [0.2, 0.25) is 0 Å². The van der Waals surface area contributed by atoms with Crippen molar-refractivity contribution in [2.24, 2.45) is 0 Å². The highest BCUT2D eigenvalue weighted by atomic mass is 16.3. The highest BCUT2D eigenvalue weighted by Gasteiger charge is 2.19. The van der Waals surface area contributed by atoms with Gasteiger partial charge >= 0.3 is 0 Å². The van der Waals surface area contributed by atoms with Crippen molar-refractivity contribution in [1.82, 2.24) is 0 Å². The van der Waals surface area contributed by atoms with Crippen molar-refractivity contribution in [2.45, 2.75) is 0 Å². The first-order valence-electron chi connectivity index (χ1n) is 16.4. The monoisotopic (exact) mass is 610 g/mol. The van der Waals surface area contributed by atoms with E-state index in [1.807, 2.05) is 12.1 Å². The van der Waals surface area contributed by atoms with Crippen molar-refractivity contribution < 1.29 is 8.83 Å². The van der Waals surface area contributed by atoms with Crippen molar-refractivity contribution in [1.29, 1.82) is 0 Å². The molecule has 2 heterocycles. The van der Waals surface area contributed by atoms with E-state index in [0.29, 0.717) is 0 Å². The first-order valence-corrected chi connectivity index (χ1v) is 16.4. The molecule has 222 valence electrons. The number of fused-ring (bicyclic) bond motifs is 10. The molecule has 0 saturated carbocycles. The highest BCUT2D eigenvalue weighted by molar-refractivity contribution is 6.24. The predicted octanol–water partition coefficient (Wildman–Crippen LogP) is 13.4. The lowest BCUT2D eigenvalue weighted by molar-refractivity contribution is 0.668. The summed E-state index contributed by atoms with van der Waals surface area (Å²) < 4.78 is 12.7. The molecule has 48 heavy (non-hydrogen) atoms. The zero-order valence-electron chi connectivity index (χ0n) is 25.8. The van der Waals surface area contributed by atoms with Crippen molar-refractivity contribution >= 4 is 87.0 Å². The number of furan rings is 2. The molecule has 0 aliphatic heterocycles. The van der Waals surface area contributed by atoms with Gasteiger partial charge in [0.1, 0.15) is 22.3 Å². The van der Waals surface area contributed by atoms with Crippen LogP contribution in [0.1, 0.15) is 0 Å². The van der Waals surface area contributed by atoms with Gasteiger partial charge in [-0.3, -0.25) is 0 Å². The van der Waals surface area contributed by atoms with E-state index in [1.165, 1.54) is 54.6 Å². The van der Waals surface area contributed by atoms with Crippen LogP contribution in [-0.2, 0) is 0 Å². The van der Waals surface area contributed by atoms with Crippen molar-refractivity contribution in [3.63, 3.8) is 0 Å². The number of para-hydroxylation sites is 1. The van der Waals surface area contributed by atoms with E-state index < -0.39 is 0 Å². The standard InChI is InChI=1S/C46H26O2/c1-2-12-31-27(10-1)11-9-18-33(31)46-36-16-5-3-14-34(36)45(35-15-4-6-17-37(35)46)28-20-21-42-39(22-28)40-24-30-25-43-38(23-29(30)26-44(40)48-42)32-13-7-8-19-41(32)47-43/h1-26H. The Labute approximate surface area is 275 Å². The van der Waals surface area contributed by atoms with E-state index in [1.54, 1.807) is 0 Å². The first-order chi connectivity index (χ1) is 23.8. The van der Waals surface area contributed by atoms with Crippen LogP contribution in [0.2, 0.25) is 0 Å². The van der Waals surface area contributed by atoms with Crippen LogP contribution >= 0.6 is 0 Å². The van der Waals surface area contributed by atoms with Crippen molar-refractivity contribution in [3.8, 4) is 22.3 Å². The van der Waals surface area contributed by atoms with Crippen LogP contribution < -0.4 is 0 Å². The van der Waals surface area contributed by atoms with E-state index in [4.69, 9.17) is 8.83 Å². The molecule has 2 heteroatoms. The van der Waals surface area contributed by atoms with Gasteiger partial charge in [0.05, 0.1) is 0 Å². The molecule has 0 bridgehead atoms. The summed E-state index contributed by atoms with van der Waals surface area (Å²) in [6.07, 6.45) is 0. The lowest BCUT2D eigenvalue weighted by Crippen LogP contribution is -1.91. The second kappa shape index (κ2) is 9.57. The van der Waals surface area contributed by atoms with E-state index in [-0.39, 0.29) is 0 Å². The maximum absolute atomic E-state index is 6.50. The minimum Gasteiger partial charge on any atom is -0.456 e. The van der Waals surface area contributed by atoms with Crippen molar-refractivity contribution in [3.05, 3.63) is 158 Å². The molecular formula is C46H26O2. The van der Waals surface area contributed by atoms with Gasteiger partial charge in [-0.15, -0.1) is 0 Å². The Morgan fingerprint density at radius 2 is 0.771 bits per heavy atom. The molecule has 0 saturated heterocycles. The molecule has 0 unspecified atom stereocenters. The van der Waals surface area contributed by atoms with E-state index in [9.17, 15) is 0 Å². The Morgan fingerprint density at radius 3 is 1.46 bits per heavy atom. The Hall–Kier alpha value is -6.38. The summed E-state index contributed by atoms with van der Waals surface area (Å²) in [4.78, 5) is 0. The summed E-state index contributed by atoms with van der Waals surface area (Å²) in [7, 11) is 0. The van der Waals surface area contributed by atoms with E-state index >= 15 is 0 Å². The Morgan fingerprint density at radius 1 is 0.271 bits per heavy atom. The van der Waals surface area contributed by atoms with Gasteiger partial charge < -0.3 is 8.83 Å². The average molecular weight is 611 g/mol. The SMILES string of the molecule is c1ccc2c(-c3c4ccccc4c(-c4ccc5oc6cc7cc8c(cc7cc6c5c4)oc4ccccc48)c4ccccc34)cccc2c1. The quantitative estimate of drug-likeness (QED) is 0.182. The Kier molecular flexibility index (Phi) is 5.14. The van der Waals surface area contributed by atoms with E-state index in [2.05, 4.69) is 146 Å². The van der Waals surface area contributed by atoms with Gasteiger partial charge in [0, 0.05) is 21.5 Å². The molecular weight excluding hydrogens is 585 g/mol. The second-order valence-electron chi connectivity index (χ2n) is 12.8. The predicted molar refractivity (Wildman–Crippen MR) is 202 cm³/mol. The van der Waals surface area contributed by atoms with Crippen molar-refractivity contribution in [2.75, 3.05) is 0 Å². The molecule has 0 fully saturated rings. The number of hydrogen-bond donors (Lipinski definition) is 0. The van der Waals surface area contributed by atoms with Crippen LogP contribution in [0.4, 0.5) is 0 Å². The summed E-state index contributed by atoms with van der Waals surface area (Å²) in [6.45, 7) is 0. The van der Waals surface area contributed by atoms with Gasteiger partial charge in [-0.05, 0) is 108 Å². The number of benzene rings is 9. The van der Waals surface area contributed by atoms with Gasteiger partial charge in [0.15, 0.2) is 0 Å². The maximum atomic E-state index is 6.50. The van der Waals surface area contributed by atoms with Gasteiger partial charge in [-0.1, -0.05) is 115 Å². The zero-order valence-corrected chi connectivity index (χ0v) is 25.8. The highest BCUT2D eigenvalue weighted by Crippen LogP contribution is 2.46. The van der Waals surface area contributed by atoms with Crippen LogP contribution in [0.25, 0.3) is 109 Å². The normalized spacial score (nSPS) is 12.2. The molecule has 0 radical (unpaired) electrons. The molecule has 11 aromatic rings. The minimum absolute atomic E-state index is 0.888. The van der Waals surface area contributed by atoms with Crippen LogP contribution in [0, 0.1) is 0 Å². The molecule has 0 N–H and O–H groups in total. The molecule has 0 aliphatic rings. The fourth-order valence-electron chi connectivity index (χ4n) is 8.07. The number of hydrogen-bond acceptors (Lipinski definition) is 2. The molecule has 0 spiro atoms. The van der Waals surface area contributed by atoms with Crippen LogP contribution in [0.5, 0.6) is 0 Å². The summed E-state index contributed by atoms with van der Waals surface area (Å²) >= 11 is 0. The van der Waals surface area contributed by atoms with Crippen LogP contribution in [0.15, 0.2) is 167 Å². The van der Waals surface area contributed by atoms with Gasteiger partial charge in [0.25, 0.3) is 0 Å². The topological polar surface area (TPSA) is 26.3 Å². The molecule has 11 rings (SSSR count). The fraction of sp³-hybridized carbons (Fsp3) is 0. The maximum Gasteiger partial charge on any atom is 0.136 e. The largest absolute Gasteiger partial charge is 0.456 e. The summed E-state index contributed by atoms with van der Waals surface area (Å²) in [5.41, 5.74) is 8.55. The smallest absolute Gasteiger partial charge is 0.136 e. The van der Waals surface area contributed by atoms with E-state index in [0.717, 1.165) is 54.6 Å². The lowest BCUT2D eigenvalue weighted by atomic mass is 9.84. The second-order valence-corrected chi connectivity index (χ2v) is 12.8. The zero-order chi connectivity index (χ0) is 31.3. The van der Waals surface area contributed by atoms with Gasteiger partial charge in [-0.2, -0.15) is 0 Å². The molecule has 0 amide bonds. The number of rotatable bonds is 2. The molecule has 0 aliphatic carbocycles. The molecule has 2 nitrogen and oxygen atoms in total. The summed E-state index contributed by atoms with van der Waals surface area (Å²) in [5.74, 6) is 0. The van der Waals surface area contributed by atoms with Crippen LogP contribution in [0.3, 0.4) is 0 Å². The summed E-state index contributed by atoms with van der Waals surface area (Å²) in [6, 6.07) is 56.8. The lowest BCUT2D eigenvalue weighted by Gasteiger charge is -2.18. The third kappa shape index (κ3) is 3.57. The van der Waals surface area contributed by atoms with Gasteiger partial charge in [-0.25, -0.2) is 0 Å². The first kappa shape index (κ1) is 25.8. The summed E-state index contributed by atoms with van der Waals surface area (Å²) in [5, 5.41) is 14.3. The average Bonchev–Trinajstić information content (AvgIpc) is 3.68. The Balaban J connectivity index is 1.18. The third-order valence-corrected chi connectivity index (χ3v) is 10.2. The molecule has 9 aromatic carbocycles. The Bertz CT molecular complexity index is 3060. The fourth-order valence-corrected chi connectivity index (χ4v) is 8.07. The third-order valence-electron chi connectivity index (χ3n) is 10.2. The van der Waals surface area contributed by atoms with Crippen LogP contribution in [-0.4, -0.2) is 0 Å².